The maximum Gasteiger partial charge on any atom is 0.328 e. The Hall–Kier alpha value is -2.54. The zero-order chi connectivity index (χ0) is 16.2. The molecule has 0 bridgehead atoms. The first-order valence-corrected chi connectivity index (χ1v) is 7.34. The van der Waals surface area contributed by atoms with Gasteiger partial charge < -0.3 is 24.2 Å². The summed E-state index contributed by atoms with van der Waals surface area (Å²) in [6.07, 6.45) is 3.00. The molecule has 1 N–H and O–H groups in total. The summed E-state index contributed by atoms with van der Waals surface area (Å²) < 4.78 is 16.0. The number of nitrogens with zero attached hydrogens (tertiary/aromatic N) is 1. The molecule has 0 radical (unpaired) electrons. The summed E-state index contributed by atoms with van der Waals surface area (Å²) in [5, 5.41) is 9.15. The lowest BCUT2D eigenvalue weighted by Crippen LogP contribution is -2.52. The van der Waals surface area contributed by atoms with Crippen LogP contribution in [0.4, 0.5) is 0 Å². The number of amides is 1. The molecule has 1 saturated heterocycles. The lowest BCUT2D eigenvalue weighted by Gasteiger charge is -2.32. The highest BCUT2D eigenvalue weighted by atomic mass is 16.6. The van der Waals surface area contributed by atoms with Crippen molar-refractivity contribution in [3.05, 3.63) is 29.8 Å². The number of carboxylic acid groups (broad SMARTS) is 1. The van der Waals surface area contributed by atoms with Gasteiger partial charge in [-0.15, -0.1) is 0 Å². The fraction of sp³-hybridized carbons (Fsp3) is 0.375. The molecule has 0 saturated carbocycles. The molecule has 3 rings (SSSR count). The minimum absolute atomic E-state index is 0.0128. The quantitative estimate of drug-likeness (QED) is 0.829. The lowest BCUT2D eigenvalue weighted by atomic mass is 10.1. The topological polar surface area (TPSA) is 85.3 Å². The van der Waals surface area contributed by atoms with E-state index in [4.69, 9.17) is 19.3 Å². The molecule has 1 amide bonds. The van der Waals surface area contributed by atoms with Gasteiger partial charge in [-0.3, -0.25) is 4.79 Å². The van der Waals surface area contributed by atoms with E-state index in [0.717, 1.165) is 5.56 Å². The van der Waals surface area contributed by atoms with Crippen molar-refractivity contribution >= 4 is 18.0 Å². The number of carbonyl (C=O) groups excluding carboxylic acids is 1. The number of carbonyl (C=O) groups is 2. The third-order valence-electron chi connectivity index (χ3n) is 3.68. The van der Waals surface area contributed by atoms with Gasteiger partial charge in [0.1, 0.15) is 13.2 Å². The van der Waals surface area contributed by atoms with E-state index in [1.165, 1.54) is 11.0 Å². The lowest BCUT2D eigenvalue weighted by molar-refractivity contribution is -0.156. The van der Waals surface area contributed by atoms with Crippen LogP contribution in [-0.2, 0) is 14.3 Å². The van der Waals surface area contributed by atoms with Crippen LogP contribution >= 0.6 is 0 Å². The number of aliphatic carboxylic acids is 1. The molecule has 1 unspecified atom stereocenters. The Balaban J connectivity index is 1.71. The SMILES string of the molecule is O=C(O)C1COCCN1C(=O)C=Cc1ccc2c(c1)OCCO2. The molecule has 23 heavy (non-hydrogen) atoms. The van der Waals surface area contributed by atoms with Gasteiger partial charge in [0.05, 0.1) is 13.2 Å². The zero-order valence-corrected chi connectivity index (χ0v) is 12.4. The standard InChI is InChI=1S/C16H17NO6/c18-15(17-5-6-21-10-12(17)16(19)20)4-2-11-1-3-13-14(9-11)23-8-7-22-13/h1-4,9,12H,5-8,10H2,(H,19,20). The van der Waals surface area contributed by atoms with Crippen LogP contribution in [0.1, 0.15) is 5.56 Å². The molecule has 0 aromatic heterocycles. The molecular weight excluding hydrogens is 302 g/mol. The Morgan fingerprint density at radius 1 is 1.17 bits per heavy atom. The number of fused-ring (bicyclic) bond motifs is 1. The third-order valence-corrected chi connectivity index (χ3v) is 3.68. The molecule has 2 aliphatic heterocycles. The van der Waals surface area contributed by atoms with Crippen LogP contribution < -0.4 is 9.47 Å². The maximum atomic E-state index is 12.2. The number of benzene rings is 1. The minimum atomic E-state index is -1.06. The van der Waals surface area contributed by atoms with Crippen LogP contribution in [0.2, 0.25) is 0 Å². The Kier molecular flexibility index (Phi) is 4.47. The third kappa shape index (κ3) is 3.45. The van der Waals surface area contributed by atoms with Gasteiger partial charge in [-0.25, -0.2) is 4.79 Å². The van der Waals surface area contributed by atoms with Gasteiger partial charge in [-0.1, -0.05) is 6.07 Å². The molecule has 1 aromatic carbocycles. The number of hydrogen-bond donors (Lipinski definition) is 1. The molecule has 7 nitrogen and oxygen atoms in total. The summed E-state index contributed by atoms with van der Waals surface area (Å²) >= 11 is 0. The normalized spacial score (nSPS) is 20.5. The van der Waals surface area contributed by atoms with Crippen molar-refractivity contribution in [1.29, 1.82) is 0 Å². The number of hydrogen-bond acceptors (Lipinski definition) is 5. The highest BCUT2D eigenvalue weighted by Gasteiger charge is 2.31. The summed E-state index contributed by atoms with van der Waals surface area (Å²) in [6.45, 7) is 1.63. The average Bonchev–Trinajstić information content (AvgIpc) is 2.59. The molecule has 0 aliphatic carbocycles. The molecule has 1 fully saturated rings. The average molecular weight is 319 g/mol. The van der Waals surface area contributed by atoms with E-state index in [1.54, 1.807) is 18.2 Å². The Labute approximate surface area is 133 Å². The van der Waals surface area contributed by atoms with Crippen LogP contribution in [0, 0.1) is 0 Å². The van der Waals surface area contributed by atoms with E-state index in [2.05, 4.69) is 0 Å². The number of carboxylic acids is 1. The van der Waals surface area contributed by atoms with E-state index in [9.17, 15) is 9.59 Å². The summed E-state index contributed by atoms with van der Waals surface area (Å²) in [5.41, 5.74) is 0.780. The first-order chi connectivity index (χ1) is 11.1. The smallest absolute Gasteiger partial charge is 0.328 e. The fourth-order valence-electron chi connectivity index (χ4n) is 2.50. The van der Waals surface area contributed by atoms with E-state index in [0.29, 0.717) is 31.3 Å². The van der Waals surface area contributed by atoms with Gasteiger partial charge >= 0.3 is 5.97 Å². The van der Waals surface area contributed by atoms with Gasteiger partial charge in [0.15, 0.2) is 17.5 Å². The monoisotopic (exact) mass is 319 g/mol. The largest absolute Gasteiger partial charge is 0.486 e. The molecule has 7 heteroatoms. The predicted octanol–water partition coefficient (Wildman–Crippen LogP) is 0.783. The molecule has 122 valence electrons. The van der Waals surface area contributed by atoms with Crippen molar-refractivity contribution in [2.24, 2.45) is 0 Å². The Bertz CT molecular complexity index is 641. The number of rotatable bonds is 3. The second-order valence-corrected chi connectivity index (χ2v) is 5.20. The van der Waals surface area contributed by atoms with Crippen molar-refractivity contribution < 1.29 is 28.9 Å². The maximum absolute atomic E-state index is 12.2. The summed E-state index contributed by atoms with van der Waals surface area (Å²) in [6, 6.07) is 4.44. The van der Waals surface area contributed by atoms with E-state index >= 15 is 0 Å². The summed E-state index contributed by atoms with van der Waals surface area (Å²) in [4.78, 5) is 24.7. The van der Waals surface area contributed by atoms with Crippen LogP contribution in [0.15, 0.2) is 24.3 Å². The molecule has 1 atom stereocenters. The van der Waals surface area contributed by atoms with Crippen molar-refractivity contribution in [1.82, 2.24) is 4.90 Å². The first-order valence-electron chi connectivity index (χ1n) is 7.34. The van der Waals surface area contributed by atoms with Crippen LogP contribution in [-0.4, -0.2) is 60.9 Å². The van der Waals surface area contributed by atoms with Gasteiger partial charge in [0.25, 0.3) is 0 Å². The van der Waals surface area contributed by atoms with Crippen LogP contribution in [0.25, 0.3) is 6.08 Å². The minimum Gasteiger partial charge on any atom is -0.486 e. The Morgan fingerprint density at radius 3 is 2.74 bits per heavy atom. The van der Waals surface area contributed by atoms with E-state index in [-0.39, 0.29) is 19.1 Å². The van der Waals surface area contributed by atoms with Gasteiger partial charge in [0, 0.05) is 12.6 Å². The molecule has 0 spiro atoms. The van der Waals surface area contributed by atoms with Gasteiger partial charge in [0.2, 0.25) is 5.91 Å². The van der Waals surface area contributed by atoms with Crippen molar-refractivity contribution in [2.75, 3.05) is 33.0 Å². The van der Waals surface area contributed by atoms with E-state index < -0.39 is 12.0 Å². The highest BCUT2D eigenvalue weighted by Crippen LogP contribution is 2.31. The highest BCUT2D eigenvalue weighted by molar-refractivity contribution is 5.94. The molecule has 2 heterocycles. The zero-order valence-electron chi connectivity index (χ0n) is 12.4. The summed E-state index contributed by atoms with van der Waals surface area (Å²) in [5.74, 6) is -0.0964. The van der Waals surface area contributed by atoms with E-state index in [1.807, 2.05) is 6.07 Å². The number of morpholine rings is 1. The van der Waals surface area contributed by atoms with Gasteiger partial charge in [-0.2, -0.15) is 0 Å². The van der Waals surface area contributed by atoms with Crippen LogP contribution in [0.3, 0.4) is 0 Å². The predicted molar refractivity (Wildman–Crippen MR) is 80.4 cm³/mol. The van der Waals surface area contributed by atoms with Gasteiger partial charge in [-0.05, 0) is 23.8 Å². The van der Waals surface area contributed by atoms with Crippen LogP contribution in [0.5, 0.6) is 11.5 Å². The number of ether oxygens (including phenoxy) is 3. The molecular formula is C16H17NO6. The second kappa shape index (κ2) is 6.70. The first kappa shape index (κ1) is 15.4. The van der Waals surface area contributed by atoms with Crippen molar-refractivity contribution in [3.8, 4) is 11.5 Å². The second-order valence-electron chi connectivity index (χ2n) is 5.20. The molecule has 1 aromatic rings. The Morgan fingerprint density at radius 2 is 1.96 bits per heavy atom. The summed E-state index contributed by atoms with van der Waals surface area (Å²) in [7, 11) is 0. The van der Waals surface area contributed by atoms with Crippen molar-refractivity contribution in [2.45, 2.75) is 6.04 Å². The van der Waals surface area contributed by atoms with Crippen molar-refractivity contribution in [3.63, 3.8) is 0 Å². The fourth-order valence-corrected chi connectivity index (χ4v) is 2.50. The molecule has 2 aliphatic rings.